The van der Waals surface area contributed by atoms with Crippen molar-refractivity contribution < 1.29 is 0 Å². The zero-order valence-corrected chi connectivity index (χ0v) is 12.3. The topological polar surface area (TPSA) is 28.2 Å². The van der Waals surface area contributed by atoms with Crippen LogP contribution in [0.25, 0.3) is 0 Å². The third-order valence-electron chi connectivity index (χ3n) is 3.37. The summed E-state index contributed by atoms with van der Waals surface area (Å²) in [6.45, 7) is 5.20. The first-order valence-electron chi connectivity index (χ1n) is 7.12. The molecule has 106 valence electrons. The summed E-state index contributed by atoms with van der Waals surface area (Å²) in [5, 5.41) is 3.46. The van der Waals surface area contributed by atoms with Crippen molar-refractivity contribution in [3.05, 3.63) is 59.9 Å². The molecule has 0 fully saturated rings. The van der Waals surface area contributed by atoms with E-state index in [-0.39, 0.29) is 0 Å². The zero-order chi connectivity index (χ0) is 14.2. The molecule has 0 amide bonds. The van der Waals surface area contributed by atoms with Crippen LogP contribution in [-0.4, -0.2) is 36.6 Å². The summed E-state index contributed by atoms with van der Waals surface area (Å²) in [5.41, 5.74) is 3.84. The predicted molar refractivity (Wildman–Crippen MR) is 85.1 cm³/mol. The fourth-order valence-corrected chi connectivity index (χ4v) is 2.13. The van der Waals surface area contributed by atoms with Crippen molar-refractivity contribution in [2.45, 2.75) is 13.3 Å². The fourth-order valence-electron chi connectivity index (χ4n) is 2.13. The lowest BCUT2D eigenvalue weighted by Crippen LogP contribution is -2.27. The van der Waals surface area contributed by atoms with Gasteiger partial charge in [-0.3, -0.25) is 4.98 Å². The highest BCUT2D eigenvalue weighted by Crippen LogP contribution is 2.08. The van der Waals surface area contributed by atoms with Gasteiger partial charge in [0, 0.05) is 37.7 Å². The molecular weight excluding hydrogens is 246 g/mol. The normalized spacial score (nSPS) is 10.8. The van der Waals surface area contributed by atoms with E-state index in [1.165, 1.54) is 16.8 Å². The second-order valence-electron chi connectivity index (χ2n) is 5.20. The van der Waals surface area contributed by atoms with Gasteiger partial charge in [0.15, 0.2) is 0 Å². The first kappa shape index (κ1) is 14.5. The molecule has 1 aromatic heterocycles. The lowest BCUT2D eigenvalue weighted by Gasteiger charge is -2.17. The maximum Gasteiger partial charge on any atom is 0.0343 e. The summed E-state index contributed by atoms with van der Waals surface area (Å²) >= 11 is 0. The lowest BCUT2D eigenvalue weighted by molar-refractivity contribution is 0.351. The van der Waals surface area contributed by atoms with Crippen molar-refractivity contribution in [2.75, 3.05) is 32.0 Å². The quantitative estimate of drug-likeness (QED) is 0.837. The number of nitrogens with one attached hydrogen (secondary N) is 1. The first-order chi connectivity index (χ1) is 9.74. The van der Waals surface area contributed by atoms with Crippen LogP contribution in [0.15, 0.2) is 48.8 Å². The predicted octanol–water partition coefficient (Wildman–Crippen LogP) is 2.98. The second-order valence-corrected chi connectivity index (χ2v) is 5.20. The molecule has 0 aliphatic heterocycles. The first-order valence-corrected chi connectivity index (χ1v) is 7.12. The Morgan fingerprint density at radius 3 is 2.65 bits per heavy atom. The number of hydrogen-bond acceptors (Lipinski definition) is 3. The van der Waals surface area contributed by atoms with E-state index in [9.17, 15) is 0 Å². The Bertz CT molecular complexity index is 511. The van der Waals surface area contributed by atoms with E-state index in [1.54, 1.807) is 0 Å². The van der Waals surface area contributed by atoms with Crippen molar-refractivity contribution in [1.82, 2.24) is 9.88 Å². The van der Waals surface area contributed by atoms with Crippen molar-refractivity contribution in [3.63, 3.8) is 0 Å². The molecule has 2 rings (SSSR count). The molecular formula is C17H23N3. The molecule has 0 atom stereocenters. The van der Waals surface area contributed by atoms with Crippen molar-refractivity contribution in [1.29, 1.82) is 0 Å². The fraction of sp³-hybridized carbons (Fsp3) is 0.353. The molecule has 1 N–H and O–H groups in total. The van der Waals surface area contributed by atoms with Crippen molar-refractivity contribution in [3.8, 4) is 0 Å². The van der Waals surface area contributed by atoms with Crippen LogP contribution in [0.2, 0.25) is 0 Å². The van der Waals surface area contributed by atoms with Gasteiger partial charge in [0.1, 0.15) is 0 Å². The molecule has 0 aliphatic carbocycles. The smallest absolute Gasteiger partial charge is 0.0343 e. The van der Waals surface area contributed by atoms with Gasteiger partial charge in [-0.05, 0) is 55.8 Å². The molecule has 20 heavy (non-hydrogen) atoms. The Morgan fingerprint density at radius 1 is 1.10 bits per heavy atom. The Labute approximate surface area is 121 Å². The van der Waals surface area contributed by atoms with Gasteiger partial charge in [0.05, 0.1) is 0 Å². The van der Waals surface area contributed by atoms with E-state index in [0.717, 1.165) is 26.1 Å². The van der Waals surface area contributed by atoms with Crippen LogP contribution in [0.4, 0.5) is 5.69 Å². The number of rotatable bonds is 7. The highest BCUT2D eigenvalue weighted by Gasteiger charge is 1.99. The van der Waals surface area contributed by atoms with E-state index in [2.05, 4.69) is 65.6 Å². The Balaban J connectivity index is 1.66. The number of hydrogen-bond donors (Lipinski definition) is 1. The van der Waals surface area contributed by atoms with Crippen LogP contribution in [0, 0.1) is 6.92 Å². The number of nitrogens with zero attached hydrogens (tertiary/aromatic N) is 2. The molecule has 3 nitrogen and oxygen atoms in total. The number of benzene rings is 1. The highest BCUT2D eigenvalue weighted by molar-refractivity contribution is 5.45. The summed E-state index contributed by atoms with van der Waals surface area (Å²) in [6, 6.07) is 12.7. The summed E-state index contributed by atoms with van der Waals surface area (Å²) in [7, 11) is 2.17. The van der Waals surface area contributed by atoms with E-state index in [1.807, 2.05) is 12.4 Å². The van der Waals surface area contributed by atoms with E-state index >= 15 is 0 Å². The minimum absolute atomic E-state index is 0.969. The van der Waals surface area contributed by atoms with Crippen molar-refractivity contribution >= 4 is 5.69 Å². The third kappa shape index (κ3) is 5.02. The average Bonchev–Trinajstić information content (AvgIpc) is 2.46. The van der Waals surface area contributed by atoms with Gasteiger partial charge in [0.25, 0.3) is 0 Å². The maximum atomic E-state index is 4.04. The Kier molecular flexibility index (Phi) is 5.56. The molecule has 0 saturated heterocycles. The number of anilines is 1. The summed E-state index contributed by atoms with van der Waals surface area (Å²) < 4.78 is 0. The van der Waals surface area contributed by atoms with Crippen LogP contribution >= 0.6 is 0 Å². The van der Waals surface area contributed by atoms with Crippen LogP contribution < -0.4 is 5.32 Å². The summed E-state index contributed by atoms with van der Waals surface area (Å²) in [4.78, 5) is 6.39. The van der Waals surface area contributed by atoms with Gasteiger partial charge in [0.2, 0.25) is 0 Å². The second kappa shape index (κ2) is 7.65. The monoisotopic (exact) mass is 269 g/mol. The molecule has 0 unspecified atom stereocenters. The third-order valence-corrected chi connectivity index (χ3v) is 3.37. The molecule has 1 aromatic carbocycles. The minimum atomic E-state index is 0.969. The van der Waals surface area contributed by atoms with Crippen LogP contribution in [0.1, 0.15) is 11.1 Å². The number of aromatic nitrogens is 1. The summed E-state index contributed by atoms with van der Waals surface area (Å²) in [5.74, 6) is 0. The summed E-state index contributed by atoms with van der Waals surface area (Å²) in [6.07, 6.45) is 4.78. The van der Waals surface area contributed by atoms with Gasteiger partial charge in [-0.15, -0.1) is 0 Å². The van der Waals surface area contributed by atoms with Crippen molar-refractivity contribution in [2.24, 2.45) is 0 Å². The largest absolute Gasteiger partial charge is 0.384 e. The number of aryl methyl sites for hydroxylation is 1. The molecule has 2 aromatic rings. The number of pyridine rings is 1. The zero-order valence-electron chi connectivity index (χ0n) is 12.3. The lowest BCUT2D eigenvalue weighted by atomic mass is 10.2. The van der Waals surface area contributed by atoms with E-state index in [0.29, 0.717) is 0 Å². The molecule has 1 heterocycles. The Hall–Kier alpha value is -1.87. The molecule has 3 heteroatoms. The standard InChI is InChI=1S/C17H23N3/c1-15-4-3-5-17(14-15)19-11-13-20(2)12-8-16-6-9-18-10-7-16/h3-7,9-10,14,19H,8,11-13H2,1-2H3. The van der Waals surface area contributed by atoms with E-state index in [4.69, 9.17) is 0 Å². The SMILES string of the molecule is Cc1cccc(NCCN(C)CCc2ccncc2)c1. The molecule has 0 radical (unpaired) electrons. The molecule has 0 bridgehead atoms. The maximum absolute atomic E-state index is 4.04. The van der Waals surface area contributed by atoms with Crippen LogP contribution in [0.5, 0.6) is 0 Å². The van der Waals surface area contributed by atoms with Crippen LogP contribution in [-0.2, 0) is 6.42 Å². The van der Waals surface area contributed by atoms with Gasteiger partial charge in [-0.25, -0.2) is 0 Å². The van der Waals surface area contributed by atoms with Gasteiger partial charge < -0.3 is 10.2 Å². The highest BCUT2D eigenvalue weighted by atomic mass is 15.1. The van der Waals surface area contributed by atoms with Crippen LogP contribution in [0.3, 0.4) is 0 Å². The van der Waals surface area contributed by atoms with E-state index < -0.39 is 0 Å². The Morgan fingerprint density at radius 2 is 1.90 bits per heavy atom. The molecule has 0 aliphatic rings. The molecule has 0 spiro atoms. The van der Waals surface area contributed by atoms with Gasteiger partial charge in [-0.2, -0.15) is 0 Å². The number of likely N-dealkylation sites (N-methyl/N-ethyl adjacent to an activating group) is 1. The van der Waals surface area contributed by atoms with Gasteiger partial charge in [-0.1, -0.05) is 12.1 Å². The minimum Gasteiger partial charge on any atom is -0.384 e. The molecule has 0 saturated carbocycles. The average molecular weight is 269 g/mol. The van der Waals surface area contributed by atoms with Gasteiger partial charge >= 0.3 is 0 Å².